The van der Waals surface area contributed by atoms with Gasteiger partial charge in [-0.3, -0.25) is 4.79 Å². The van der Waals surface area contributed by atoms with Crippen molar-refractivity contribution in [2.24, 2.45) is 11.8 Å². The Balaban J connectivity index is 1.58. The number of nitrogens with one attached hydrogen (secondary N) is 1. The summed E-state index contributed by atoms with van der Waals surface area (Å²) in [6.07, 6.45) is 6.80. The van der Waals surface area contributed by atoms with Crippen LogP contribution in [0.3, 0.4) is 0 Å². The maximum Gasteiger partial charge on any atom is 0.223 e. The van der Waals surface area contributed by atoms with Gasteiger partial charge in [-0.2, -0.15) is 0 Å². The molecule has 23 heavy (non-hydrogen) atoms. The number of amides is 1. The molecule has 1 saturated carbocycles. The van der Waals surface area contributed by atoms with E-state index in [9.17, 15) is 4.79 Å². The number of hydrogen-bond acceptors (Lipinski definition) is 2. The fraction of sp³-hybridized carbons (Fsp3) is 0.650. The highest BCUT2D eigenvalue weighted by atomic mass is 16.2. The van der Waals surface area contributed by atoms with Gasteiger partial charge in [0.15, 0.2) is 0 Å². The van der Waals surface area contributed by atoms with Gasteiger partial charge in [0.25, 0.3) is 0 Å². The Kier molecular flexibility index (Phi) is 5.71. The summed E-state index contributed by atoms with van der Waals surface area (Å²) in [6, 6.07) is 10.8. The molecule has 1 heterocycles. The predicted octanol–water partition coefficient (Wildman–Crippen LogP) is 3.59. The van der Waals surface area contributed by atoms with Gasteiger partial charge in [0.2, 0.25) is 5.91 Å². The Hall–Kier alpha value is -1.35. The van der Waals surface area contributed by atoms with Gasteiger partial charge in [0.05, 0.1) is 0 Å². The smallest absolute Gasteiger partial charge is 0.223 e. The molecule has 0 spiro atoms. The first-order valence-electron chi connectivity index (χ1n) is 9.28. The summed E-state index contributed by atoms with van der Waals surface area (Å²) in [5.74, 6) is 1.81. The largest absolute Gasteiger partial charge is 0.335 e. The van der Waals surface area contributed by atoms with Gasteiger partial charge in [0, 0.05) is 19.0 Å². The van der Waals surface area contributed by atoms with E-state index in [1.165, 1.54) is 31.2 Å². The van der Waals surface area contributed by atoms with Crippen molar-refractivity contribution in [3.63, 3.8) is 0 Å². The first-order valence-corrected chi connectivity index (χ1v) is 9.28. The van der Waals surface area contributed by atoms with Crippen molar-refractivity contribution in [3.8, 4) is 0 Å². The van der Waals surface area contributed by atoms with Gasteiger partial charge in [-0.1, -0.05) is 30.3 Å². The van der Waals surface area contributed by atoms with Crippen molar-refractivity contribution >= 4 is 5.91 Å². The lowest BCUT2D eigenvalue weighted by Crippen LogP contribution is -2.39. The van der Waals surface area contributed by atoms with Crippen molar-refractivity contribution in [1.29, 1.82) is 0 Å². The van der Waals surface area contributed by atoms with E-state index in [1.807, 2.05) is 6.07 Å². The molecular formula is C20H30N2O. The Morgan fingerprint density at radius 3 is 2.52 bits per heavy atom. The first-order chi connectivity index (χ1) is 11.2. The fourth-order valence-corrected chi connectivity index (χ4v) is 3.71. The second kappa shape index (κ2) is 7.96. The van der Waals surface area contributed by atoms with Crippen molar-refractivity contribution in [1.82, 2.24) is 10.2 Å². The fourth-order valence-electron chi connectivity index (χ4n) is 3.71. The van der Waals surface area contributed by atoms with Crippen LogP contribution in [0.25, 0.3) is 0 Å². The normalized spacial score (nSPS) is 20.2. The van der Waals surface area contributed by atoms with Gasteiger partial charge in [-0.15, -0.1) is 0 Å². The van der Waals surface area contributed by atoms with E-state index in [0.717, 1.165) is 37.9 Å². The van der Waals surface area contributed by atoms with E-state index in [-0.39, 0.29) is 0 Å². The van der Waals surface area contributed by atoms with E-state index in [0.29, 0.717) is 18.4 Å². The van der Waals surface area contributed by atoms with Gasteiger partial charge >= 0.3 is 0 Å². The molecule has 1 aromatic rings. The molecule has 0 radical (unpaired) electrons. The molecule has 0 aromatic heterocycles. The van der Waals surface area contributed by atoms with E-state index < -0.39 is 0 Å². The minimum atomic E-state index is 0.354. The highest BCUT2D eigenvalue weighted by Crippen LogP contribution is 2.36. The number of rotatable bonds is 7. The lowest BCUT2D eigenvalue weighted by atomic mass is 9.93. The van der Waals surface area contributed by atoms with Gasteiger partial charge < -0.3 is 10.2 Å². The minimum absolute atomic E-state index is 0.354. The molecule has 126 valence electrons. The molecule has 1 aliphatic carbocycles. The third-order valence-corrected chi connectivity index (χ3v) is 5.54. The van der Waals surface area contributed by atoms with Crippen molar-refractivity contribution in [2.75, 3.05) is 13.1 Å². The number of hydrogen-bond donors (Lipinski definition) is 1. The van der Waals surface area contributed by atoms with Crippen molar-refractivity contribution in [3.05, 3.63) is 35.9 Å². The molecular weight excluding hydrogens is 284 g/mol. The van der Waals surface area contributed by atoms with E-state index >= 15 is 0 Å². The Morgan fingerprint density at radius 1 is 1.17 bits per heavy atom. The minimum Gasteiger partial charge on any atom is -0.335 e. The average Bonchev–Trinajstić information content (AvgIpc) is 3.44. The van der Waals surface area contributed by atoms with Crippen LogP contribution in [-0.2, 0) is 11.3 Å². The van der Waals surface area contributed by atoms with Crippen LogP contribution >= 0.6 is 0 Å². The van der Waals surface area contributed by atoms with Crippen LogP contribution < -0.4 is 5.32 Å². The van der Waals surface area contributed by atoms with Crippen LogP contribution in [0, 0.1) is 11.8 Å². The van der Waals surface area contributed by atoms with E-state index in [2.05, 4.69) is 41.4 Å². The monoisotopic (exact) mass is 314 g/mol. The van der Waals surface area contributed by atoms with E-state index in [4.69, 9.17) is 0 Å². The van der Waals surface area contributed by atoms with Crippen LogP contribution in [0.15, 0.2) is 30.3 Å². The second-order valence-electron chi connectivity index (χ2n) is 7.32. The standard InChI is InChI=1S/C20H30N2O/c1-16(19-8-9-19)22(15-18-5-3-2-4-6-18)20(23)10-7-17-11-13-21-14-12-17/h2-6,16-17,19,21H,7-15H2,1H3. The molecule has 1 N–H and O–H groups in total. The molecule has 1 amide bonds. The van der Waals surface area contributed by atoms with Gasteiger partial charge in [0.1, 0.15) is 0 Å². The van der Waals surface area contributed by atoms with Crippen molar-refractivity contribution < 1.29 is 4.79 Å². The summed E-state index contributed by atoms with van der Waals surface area (Å²) in [5.41, 5.74) is 1.25. The van der Waals surface area contributed by atoms with Crippen LogP contribution in [-0.4, -0.2) is 29.9 Å². The molecule has 3 rings (SSSR count). The predicted molar refractivity (Wildman–Crippen MR) is 94.0 cm³/mol. The highest BCUT2D eigenvalue weighted by molar-refractivity contribution is 5.76. The third-order valence-electron chi connectivity index (χ3n) is 5.54. The van der Waals surface area contributed by atoms with Crippen molar-refractivity contribution in [2.45, 2.75) is 58.0 Å². The van der Waals surface area contributed by atoms with E-state index in [1.54, 1.807) is 0 Å². The molecule has 3 heteroatoms. The van der Waals surface area contributed by atoms with Gasteiger partial charge in [-0.05, 0) is 69.5 Å². The summed E-state index contributed by atoms with van der Waals surface area (Å²) in [5, 5.41) is 3.40. The molecule has 2 fully saturated rings. The first kappa shape index (κ1) is 16.5. The number of piperidine rings is 1. The van der Waals surface area contributed by atoms with Crippen LogP contribution in [0.1, 0.15) is 51.0 Å². The topological polar surface area (TPSA) is 32.3 Å². The molecule has 1 aromatic carbocycles. The Morgan fingerprint density at radius 2 is 1.87 bits per heavy atom. The molecule has 2 aliphatic rings. The molecule has 1 unspecified atom stereocenters. The Bertz CT molecular complexity index is 492. The number of carbonyl (C=O) groups is 1. The number of benzene rings is 1. The summed E-state index contributed by atoms with van der Waals surface area (Å²) < 4.78 is 0. The summed E-state index contributed by atoms with van der Waals surface area (Å²) in [4.78, 5) is 15.0. The molecule has 0 bridgehead atoms. The molecule has 1 saturated heterocycles. The SMILES string of the molecule is CC(C1CC1)N(Cc1ccccc1)C(=O)CCC1CCNCC1. The highest BCUT2D eigenvalue weighted by Gasteiger charge is 2.34. The quantitative estimate of drug-likeness (QED) is 0.834. The summed E-state index contributed by atoms with van der Waals surface area (Å²) in [7, 11) is 0. The zero-order valence-electron chi connectivity index (χ0n) is 14.3. The van der Waals surface area contributed by atoms with Gasteiger partial charge in [-0.25, -0.2) is 0 Å². The summed E-state index contributed by atoms with van der Waals surface area (Å²) in [6.45, 7) is 5.24. The lowest BCUT2D eigenvalue weighted by Gasteiger charge is -2.31. The summed E-state index contributed by atoms with van der Waals surface area (Å²) >= 11 is 0. The second-order valence-corrected chi connectivity index (χ2v) is 7.32. The van der Waals surface area contributed by atoms with Crippen LogP contribution in [0.4, 0.5) is 0 Å². The number of carbonyl (C=O) groups excluding carboxylic acids is 1. The zero-order valence-corrected chi connectivity index (χ0v) is 14.3. The van der Waals surface area contributed by atoms with Crippen LogP contribution in [0.5, 0.6) is 0 Å². The Labute approximate surface area is 140 Å². The lowest BCUT2D eigenvalue weighted by molar-refractivity contribution is -0.134. The third kappa shape index (κ3) is 4.81. The average molecular weight is 314 g/mol. The molecule has 3 nitrogen and oxygen atoms in total. The number of nitrogens with zero attached hydrogens (tertiary/aromatic N) is 1. The molecule has 1 atom stereocenters. The zero-order chi connectivity index (χ0) is 16.1. The van der Waals surface area contributed by atoms with Crippen LogP contribution in [0.2, 0.25) is 0 Å². The molecule has 1 aliphatic heterocycles. The maximum absolute atomic E-state index is 12.9. The maximum atomic E-state index is 12.9.